The highest BCUT2D eigenvalue weighted by molar-refractivity contribution is 9.10. The molecule has 32 heavy (non-hydrogen) atoms. The zero-order valence-electron chi connectivity index (χ0n) is 17.8. The zero-order chi connectivity index (χ0) is 22.0. The first-order valence-corrected chi connectivity index (χ1v) is 12.6. The molecule has 0 aliphatic carbocycles. The summed E-state index contributed by atoms with van der Waals surface area (Å²) in [6.07, 6.45) is 11.1. The minimum absolute atomic E-state index is 0.00785. The Morgan fingerprint density at radius 3 is 2.16 bits per heavy atom. The Morgan fingerprint density at radius 2 is 1.47 bits per heavy atom. The van der Waals surface area contributed by atoms with Crippen molar-refractivity contribution in [3.63, 3.8) is 0 Å². The van der Waals surface area contributed by atoms with Gasteiger partial charge in [0.15, 0.2) is 0 Å². The highest BCUT2D eigenvalue weighted by Crippen LogP contribution is 2.53. The topological polar surface area (TPSA) is 12.5 Å². The van der Waals surface area contributed by atoms with Gasteiger partial charge < -0.3 is 9.64 Å². The summed E-state index contributed by atoms with van der Waals surface area (Å²) in [6.45, 7) is 1.63. The molecule has 162 valence electrons. The average Bonchev–Trinajstić information content (AvgIpc) is 3.33. The highest BCUT2D eigenvalue weighted by Gasteiger charge is 2.53. The van der Waals surface area contributed by atoms with E-state index in [-0.39, 0.29) is 11.6 Å². The highest BCUT2D eigenvalue weighted by atomic mass is 79.9. The van der Waals surface area contributed by atoms with Crippen LogP contribution in [0.2, 0.25) is 0 Å². The molecule has 0 N–H and O–H groups in total. The van der Waals surface area contributed by atoms with E-state index in [0.717, 1.165) is 34.9 Å². The van der Waals surface area contributed by atoms with Crippen LogP contribution in [0.15, 0.2) is 93.9 Å². The Kier molecular flexibility index (Phi) is 6.36. The van der Waals surface area contributed by atoms with E-state index >= 15 is 0 Å². The number of rotatable bonds is 6. The number of halogens is 2. The van der Waals surface area contributed by atoms with Gasteiger partial charge in [-0.25, -0.2) is 0 Å². The van der Waals surface area contributed by atoms with Gasteiger partial charge in [-0.15, -0.1) is 0 Å². The Morgan fingerprint density at radius 1 is 0.844 bits per heavy atom. The summed E-state index contributed by atoms with van der Waals surface area (Å²) in [4.78, 5) is 2.44. The van der Waals surface area contributed by atoms with Crippen molar-refractivity contribution >= 4 is 49.7 Å². The molecule has 0 spiro atoms. The van der Waals surface area contributed by atoms with E-state index in [2.05, 4.69) is 134 Å². The van der Waals surface area contributed by atoms with E-state index in [9.17, 15) is 0 Å². The van der Waals surface area contributed by atoms with Crippen molar-refractivity contribution in [2.45, 2.75) is 24.5 Å². The molecule has 3 aromatic rings. The molecule has 4 heteroatoms. The molecule has 0 unspecified atom stereocenters. The molecule has 2 heterocycles. The summed E-state index contributed by atoms with van der Waals surface area (Å²) in [5.74, 6) is 0. The van der Waals surface area contributed by atoms with Gasteiger partial charge in [-0.1, -0.05) is 98.6 Å². The summed E-state index contributed by atoms with van der Waals surface area (Å²) in [7, 11) is 0. The lowest BCUT2D eigenvalue weighted by Crippen LogP contribution is -2.41. The average molecular weight is 551 g/mol. The van der Waals surface area contributed by atoms with Gasteiger partial charge in [0.05, 0.1) is 6.61 Å². The van der Waals surface area contributed by atoms with Crippen LogP contribution in [0.25, 0.3) is 12.2 Å². The van der Waals surface area contributed by atoms with Crippen LogP contribution in [-0.4, -0.2) is 19.4 Å². The summed E-state index contributed by atoms with van der Waals surface area (Å²) >= 11 is 7.02. The third kappa shape index (κ3) is 4.24. The molecule has 2 nitrogen and oxygen atoms in total. The predicted octanol–water partition coefficient (Wildman–Crippen LogP) is 7.83. The van der Waals surface area contributed by atoms with E-state index in [0.29, 0.717) is 0 Å². The van der Waals surface area contributed by atoms with Crippen molar-refractivity contribution in [1.29, 1.82) is 0 Å². The summed E-state index contributed by atoms with van der Waals surface area (Å²) < 4.78 is 8.56. The van der Waals surface area contributed by atoms with Crippen molar-refractivity contribution in [1.82, 2.24) is 0 Å². The summed E-state index contributed by atoms with van der Waals surface area (Å²) in [5.41, 5.74) is 5.15. The van der Waals surface area contributed by atoms with E-state index < -0.39 is 0 Å². The maximum absolute atomic E-state index is 6.36. The van der Waals surface area contributed by atoms with Crippen molar-refractivity contribution in [3.05, 3.63) is 111 Å². The van der Waals surface area contributed by atoms with E-state index in [4.69, 9.17) is 4.74 Å². The second kappa shape index (κ2) is 9.38. The lowest BCUT2D eigenvalue weighted by atomic mass is 9.76. The third-order valence-electron chi connectivity index (χ3n) is 6.47. The van der Waals surface area contributed by atoms with Crippen LogP contribution in [0.4, 0.5) is 5.69 Å². The van der Waals surface area contributed by atoms with Gasteiger partial charge in [0.2, 0.25) is 0 Å². The third-order valence-corrected chi connectivity index (χ3v) is 7.53. The Bertz CT molecular complexity index is 1140. The molecule has 1 saturated heterocycles. The number of hydrogen-bond acceptors (Lipinski definition) is 2. The first-order chi connectivity index (χ1) is 15.7. The second-order valence-corrected chi connectivity index (χ2v) is 10.2. The molecule has 5 rings (SSSR count). The second-order valence-electron chi connectivity index (χ2n) is 8.41. The molecule has 3 aromatic carbocycles. The summed E-state index contributed by atoms with van der Waals surface area (Å²) in [6, 6.07) is 25.7. The van der Waals surface area contributed by atoms with Crippen LogP contribution < -0.4 is 4.90 Å². The van der Waals surface area contributed by atoms with Crippen molar-refractivity contribution in [3.8, 4) is 0 Å². The van der Waals surface area contributed by atoms with Gasteiger partial charge in [0.1, 0.15) is 6.23 Å². The molecule has 0 amide bonds. The van der Waals surface area contributed by atoms with Gasteiger partial charge in [-0.05, 0) is 59.9 Å². The molecule has 1 fully saturated rings. The predicted molar refractivity (Wildman–Crippen MR) is 141 cm³/mol. The van der Waals surface area contributed by atoms with E-state index in [1.54, 1.807) is 0 Å². The lowest BCUT2D eigenvalue weighted by Gasteiger charge is -2.31. The fourth-order valence-electron chi connectivity index (χ4n) is 4.93. The molecular formula is C28H25Br2NO. The van der Waals surface area contributed by atoms with E-state index in [1.165, 1.54) is 22.4 Å². The number of para-hydroxylation sites is 1. The minimum Gasteiger partial charge on any atom is -0.357 e. The first kappa shape index (κ1) is 21.7. The van der Waals surface area contributed by atoms with Crippen molar-refractivity contribution in [2.75, 3.05) is 18.1 Å². The largest absolute Gasteiger partial charge is 0.357 e. The fourth-order valence-corrected chi connectivity index (χ4v) is 5.45. The molecule has 2 aliphatic heterocycles. The Hall–Kier alpha value is -2.14. The van der Waals surface area contributed by atoms with Crippen LogP contribution in [0.5, 0.6) is 0 Å². The monoisotopic (exact) mass is 549 g/mol. The Balaban J connectivity index is 1.38. The maximum atomic E-state index is 6.36. The zero-order valence-corrected chi connectivity index (χ0v) is 20.9. The molecule has 2 atom stereocenters. The molecule has 0 saturated carbocycles. The van der Waals surface area contributed by atoms with Crippen LogP contribution in [0.1, 0.15) is 29.5 Å². The van der Waals surface area contributed by atoms with E-state index in [1.807, 2.05) is 0 Å². The van der Waals surface area contributed by atoms with Gasteiger partial charge in [-0.3, -0.25) is 0 Å². The van der Waals surface area contributed by atoms with Crippen LogP contribution in [0, 0.1) is 0 Å². The van der Waals surface area contributed by atoms with Crippen molar-refractivity contribution < 1.29 is 4.74 Å². The summed E-state index contributed by atoms with van der Waals surface area (Å²) in [5, 5.41) is 0. The first-order valence-electron chi connectivity index (χ1n) is 11.0. The van der Waals surface area contributed by atoms with Crippen LogP contribution in [-0.2, 0) is 10.2 Å². The van der Waals surface area contributed by atoms with Gasteiger partial charge >= 0.3 is 0 Å². The van der Waals surface area contributed by atoms with Crippen LogP contribution in [0.3, 0.4) is 0 Å². The maximum Gasteiger partial charge on any atom is 0.140 e. The number of allylic oxidation sites excluding steroid dienone is 1. The normalized spacial score (nSPS) is 22.1. The standard InChI is InChI=1S/C28H25Br2NO/c29-23-13-9-21(10-14-23)5-3-17-28-18-20-32-27(28)31(26-8-2-1-7-25(26)28)19-4-6-22-11-15-24(30)16-12-22/h1-16,27H,17-20H2/b5-3+,6-4+/t27-,28-/m0/s1. The van der Waals surface area contributed by atoms with Gasteiger partial charge in [0.25, 0.3) is 0 Å². The number of fused-ring (bicyclic) bond motifs is 3. The number of benzene rings is 3. The quantitative estimate of drug-likeness (QED) is 0.310. The van der Waals surface area contributed by atoms with Crippen molar-refractivity contribution in [2.24, 2.45) is 0 Å². The molecular weight excluding hydrogens is 526 g/mol. The number of ether oxygens (including phenoxy) is 1. The van der Waals surface area contributed by atoms with Crippen LogP contribution >= 0.6 is 31.9 Å². The molecule has 0 bridgehead atoms. The van der Waals surface area contributed by atoms with Gasteiger partial charge in [0, 0.05) is 26.6 Å². The van der Waals surface area contributed by atoms with Gasteiger partial charge in [-0.2, -0.15) is 0 Å². The number of anilines is 1. The smallest absolute Gasteiger partial charge is 0.140 e. The minimum atomic E-state index is 0.00785. The molecule has 0 aromatic heterocycles. The fraction of sp³-hybridized carbons (Fsp3) is 0.214. The number of nitrogens with zero attached hydrogens (tertiary/aromatic N) is 1. The SMILES string of the molecule is Brc1ccc(/C=C/CN2c3ccccc3[C@]3(C/C=C/c4ccc(Br)cc4)CCO[C@H]23)cc1. The molecule has 2 aliphatic rings. The lowest BCUT2D eigenvalue weighted by molar-refractivity contribution is 0.0860. The Labute approximate surface area is 206 Å². The number of hydrogen-bond donors (Lipinski definition) is 0. The molecule has 0 radical (unpaired) electrons.